The van der Waals surface area contributed by atoms with Gasteiger partial charge in [-0.2, -0.15) is 0 Å². The first-order valence-electron chi connectivity index (χ1n) is 10.5. The zero-order valence-corrected chi connectivity index (χ0v) is 18.9. The molecule has 3 rings (SSSR count). The zero-order valence-electron chi connectivity index (χ0n) is 18.1. The molecule has 2 aromatic carbocycles. The van der Waals surface area contributed by atoms with Crippen LogP contribution in [0.2, 0.25) is 0 Å². The van der Waals surface area contributed by atoms with Gasteiger partial charge in [-0.05, 0) is 61.9 Å². The fraction of sp³-hybridized carbons (Fsp3) is 0.304. The number of anilines is 2. The molecule has 0 fully saturated rings. The molecule has 0 saturated carbocycles. The molecule has 8 nitrogen and oxygen atoms in total. The number of carbonyl (C=O) groups excluding carboxylic acids is 1. The number of nitrogens with one attached hydrogen (secondary N) is 2. The Kier molecular flexibility index (Phi) is 7.88. The monoisotopic (exact) mass is 457 g/mol. The maximum Gasteiger partial charge on any atom is 0.263 e. The summed E-state index contributed by atoms with van der Waals surface area (Å²) in [6.07, 6.45) is 4.54. The van der Waals surface area contributed by atoms with Crippen molar-refractivity contribution in [1.29, 1.82) is 0 Å². The summed E-state index contributed by atoms with van der Waals surface area (Å²) >= 11 is 0. The molecule has 0 radical (unpaired) electrons. The quantitative estimate of drug-likeness (QED) is 0.392. The average molecular weight is 458 g/mol. The number of aromatic nitrogens is 1. The van der Waals surface area contributed by atoms with Crippen molar-refractivity contribution in [2.75, 3.05) is 16.6 Å². The van der Waals surface area contributed by atoms with Gasteiger partial charge in [-0.1, -0.05) is 31.3 Å². The van der Waals surface area contributed by atoms with Gasteiger partial charge in [-0.25, -0.2) is 8.42 Å². The van der Waals surface area contributed by atoms with Crippen molar-refractivity contribution in [3.63, 3.8) is 0 Å². The SMILES string of the molecule is CCCCCCOc1ccc(C(=O)Nc2ccc(S(=O)(=O)Nc3cc(C)on3)cc2)cc1. The summed E-state index contributed by atoms with van der Waals surface area (Å²) in [4.78, 5) is 12.5. The standard InChI is InChI=1S/C23H27N3O5S/c1-3-4-5-6-15-30-20-11-7-18(8-12-20)23(27)24-19-9-13-21(14-10-19)32(28,29)26-22-16-17(2)31-25-22/h7-14,16H,3-6,15H2,1-2H3,(H,24,27)(H,25,26). The number of amides is 1. The first kappa shape index (κ1) is 23.3. The van der Waals surface area contributed by atoms with Crippen molar-refractivity contribution in [1.82, 2.24) is 5.16 Å². The van der Waals surface area contributed by atoms with Crippen molar-refractivity contribution in [3.05, 3.63) is 65.9 Å². The number of benzene rings is 2. The van der Waals surface area contributed by atoms with Crippen LogP contribution in [0.15, 0.2) is 64.0 Å². The van der Waals surface area contributed by atoms with E-state index >= 15 is 0 Å². The van der Waals surface area contributed by atoms with Crippen LogP contribution in [0, 0.1) is 6.92 Å². The molecule has 1 aromatic heterocycles. The molecule has 1 amide bonds. The Morgan fingerprint density at radius 2 is 1.75 bits per heavy atom. The van der Waals surface area contributed by atoms with Crippen molar-refractivity contribution >= 4 is 27.4 Å². The molecule has 32 heavy (non-hydrogen) atoms. The van der Waals surface area contributed by atoms with E-state index in [0.717, 1.165) is 18.6 Å². The molecule has 170 valence electrons. The van der Waals surface area contributed by atoms with Crippen LogP contribution in [0.3, 0.4) is 0 Å². The van der Waals surface area contributed by atoms with Gasteiger partial charge >= 0.3 is 0 Å². The van der Waals surface area contributed by atoms with E-state index in [9.17, 15) is 13.2 Å². The largest absolute Gasteiger partial charge is 0.494 e. The lowest BCUT2D eigenvalue weighted by atomic mass is 10.2. The molecule has 0 aliphatic carbocycles. The van der Waals surface area contributed by atoms with Gasteiger partial charge in [0.1, 0.15) is 11.5 Å². The summed E-state index contributed by atoms with van der Waals surface area (Å²) in [5.41, 5.74) is 0.950. The number of hydrogen-bond donors (Lipinski definition) is 2. The van der Waals surface area contributed by atoms with E-state index in [2.05, 4.69) is 22.1 Å². The molecule has 0 atom stereocenters. The van der Waals surface area contributed by atoms with E-state index in [4.69, 9.17) is 9.26 Å². The van der Waals surface area contributed by atoms with Crippen molar-refractivity contribution in [3.8, 4) is 5.75 Å². The second-order valence-corrected chi connectivity index (χ2v) is 9.02. The van der Waals surface area contributed by atoms with E-state index in [1.165, 1.54) is 43.2 Å². The van der Waals surface area contributed by atoms with Crippen LogP contribution in [0.1, 0.15) is 48.7 Å². The smallest absolute Gasteiger partial charge is 0.263 e. The van der Waals surface area contributed by atoms with E-state index in [1.54, 1.807) is 31.2 Å². The Morgan fingerprint density at radius 3 is 2.38 bits per heavy atom. The number of sulfonamides is 1. The van der Waals surface area contributed by atoms with Crippen molar-refractivity contribution < 1.29 is 22.5 Å². The van der Waals surface area contributed by atoms with Crippen LogP contribution in [0.25, 0.3) is 0 Å². The number of aryl methyl sites for hydroxylation is 1. The number of ether oxygens (including phenoxy) is 1. The van der Waals surface area contributed by atoms with Crippen LogP contribution in [0.4, 0.5) is 11.5 Å². The highest BCUT2D eigenvalue weighted by Crippen LogP contribution is 2.19. The fourth-order valence-corrected chi connectivity index (χ4v) is 3.94. The van der Waals surface area contributed by atoms with Crippen LogP contribution in [-0.4, -0.2) is 26.1 Å². The first-order chi connectivity index (χ1) is 15.4. The minimum atomic E-state index is -3.81. The lowest BCUT2D eigenvalue weighted by Crippen LogP contribution is -2.14. The summed E-state index contributed by atoms with van der Waals surface area (Å²) in [6.45, 7) is 4.49. The number of carbonyl (C=O) groups is 1. The number of unbranched alkanes of at least 4 members (excludes halogenated alkanes) is 3. The molecule has 2 N–H and O–H groups in total. The molecule has 0 bridgehead atoms. The lowest BCUT2D eigenvalue weighted by molar-refractivity contribution is 0.102. The minimum Gasteiger partial charge on any atom is -0.494 e. The maximum absolute atomic E-state index is 12.5. The molecule has 9 heteroatoms. The van der Waals surface area contributed by atoms with Gasteiger partial charge in [0.05, 0.1) is 11.5 Å². The summed E-state index contributed by atoms with van der Waals surface area (Å²) in [5.74, 6) is 1.02. The third-order valence-corrected chi connectivity index (χ3v) is 6.04. The maximum atomic E-state index is 12.5. The summed E-state index contributed by atoms with van der Waals surface area (Å²) in [7, 11) is -3.81. The van der Waals surface area contributed by atoms with Crippen LogP contribution in [0.5, 0.6) is 5.75 Å². The van der Waals surface area contributed by atoms with Crippen LogP contribution < -0.4 is 14.8 Å². The third kappa shape index (κ3) is 6.58. The molecular weight excluding hydrogens is 430 g/mol. The first-order valence-corrected chi connectivity index (χ1v) is 12.0. The number of nitrogens with zero attached hydrogens (tertiary/aromatic N) is 1. The second-order valence-electron chi connectivity index (χ2n) is 7.34. The van der Waals surface area contributed by atoms with E-state index < -0.39 is 10.0 Å². The predicted octanol–water partition coefficient (Wildman–Crippen LogP) is 5.00. The van der Waals surface area contributed by atoms with Gasteiger partial charge in [-0.15, -0.1) is 0 Å². The highest BCUT2D eigenvalue weighted by atomic mass is 32.2. The van der Waals surface area contributed by atoms with E-state index in [1.807, 2.05) is 0 Å². The molecule has 3 aromatic rings. The summed E-state index contributed by atoms with van der Waals surface area (Å²) in [6, 6.07) is 14.3. The van der Waals surface area contributed by atoms with Gasteiger partial charge < -0.3 is 14.6 Å². The van der Waals surface area contributed by atoms with Gasteiger partial charge in [0.2, 0.25) is 0 Å². The fourth-order valence-electron chi connectivity index (χ4n) is 2.95. The Labute approximate surface area is 188 Å². The third-order valence-electron chi connectivity index (χ3n) is 4.67. The van der Waals surface area contributed by atoms with Gasteiger partial charge in [0.25, 0.3) is 15.9 Å². The minimum absolute atomic E-state index is 0.0385. The van der Waals surface area contributed by atoms with E-state index in [-0.39, 0.29) is 16.6 Å². The Morgan fingerprint density at radius 1 is 1.03 bits per heavy atom. The zero-order chi connectivity index (χ0) is 23.0. The van der Waals surface area contributed by atoms with Crippen LogP contribution >= 0.6 is 0 Å². The van der Waals surface area contributed by atoms with Crippen LogP contribution in [-0.2, 0) is 10.0 Å². The molecule has 0 saturated heterocycles. The second kappa shape index (κ2) is 10.8. The summed E-state index contributed by atoms with van der Waals surface area (Å²) < 4.78 is 37.8. The molecule has 0 aliphatic heterocycles. The Bertz CT molecular complexity index is 1120. The highest BCUT2D eigenvalue weighted by molar-refractivity contribution is 7.92. The Balaban J connectivity index is 1.55. The topological polar surface area (TPSA) is 111 Å². The van der Waals surface area contributed by atoms with Gasteiger partial charge in [0.15, 0.2) is 5.82 Å². The molecular formula is C23H27N3O5S. The lowest BCUT2D eigenvalue weighted by Gasteiger charge is -2.09. The van der Waals surface area contributed by atoms with E-state index in [0.29, 0.717) is 23.6 Å². The van der Waals surface area contributed by atoms with Crippen molar-refractivity contribution in [2.24, 2.45) is 0 Å². The predicted molar refractivity (Wildman–Crippen MR) is 123 cm³/mol. The van der Waals surface area contributed by atoms with Gasteiger partial charge in [0, 0.05) is 17.3 Å². The number of hydrogen-bond acceptors (Lipinski definition) is 6. The number of rotatable bonds is 11. The Hall–Kier alpha value is -3.33. The normalized spacial score (nSPS) is 11.2. The van der Waals surface area contributed by atoms with Crippen molar-refractivity contribution in [2.45, 2.75) is 44.4 Å². The average Bonchev–Trinajstić information content (AvgIpc) is 3.18. The summed E-state index contributed by atoms with van der Waals surface area (Å²) in [5, 5.41) is 6.37. The molecule has 0 unspecified atom stereocenters. The molecule has 0 spiro atoms. The van der Waals surface area contributed by atoms with Gasteiger partial charge in [-0.3, -0.25) is 9.52 Å². The molecule has 1 heterocycles. The highest BCUT2D eigenvalue weighted by Gasteiger charge is 2.16. The molecule has 0 aliphatic rings.